The molecule has 1 saturated heterocycles. The van der Waals surface area contributed by atoms with Crippen LogP contribution in [0.15, 0.2) is 12.2 Å². The van der Waals surface area contributed by atoms with Crippen LogP contribution in [-0.2, 0) is 9.53 Å². The van der Waals surface area contributed by atoms with Crippen molar-refractivity contribution in [3.63, 3.8) is 0 Å². The summed E-state index contributed by atoms with van der Waals surface area (Å²) >= 11 is 0. The third-order valence-electron chi connectivity index (χ3n) is 1.41. The first-order valence-electron chi connectivity index (χ1n) is 3.52. The van der Waals surface area contributed by atoms with Crippen LogP contribution in [0.25, 0.3) is 0 Å². The number of carbonyl (C=O) groups is 1. The minimum absolute atomic E-state index is 0.0835. The Morgan fingerprint density at radius 1 is 1.73 bits per heavy atom. The van der Waals surface area contributed by atoms with Crippen LogP contribution in [0.2, 0.25) is 0 Å². The number of morpholine rings is 1. The number of nitrogens with one attached hydrogen (secondary N) is 1. The molecule has 0 aromatic heterocycles. The largest absolute Gasteiger partial charge is 0.478 e. The van der Waals surface area contributed by atoms with Crippen molar-refractivity contribution < 1.29 is 14.6 Å². The highest BCUT2D eigenvalue weighted by molar-refractivity contribution is 5.79. The van der Waals surface area contributed by atoms with E-state index in [1.165, 1.54) is 0 Å². The van der Waals surface area contributed by atoms with E-state index in [4.69, 9.17) is 9.84 Å². The summed E-state index contributed by atoms with van der Waals surface area (Å²) in [5.41, 5.74) is 0. The SMILES string of the molecule is O=C(O)/C=C/[C@@H]1CNCCO1. The number of rotatable bonds is 2. The molecule has 1 aliphatic heterocycles. The first-order chi connectivity index (χ1) is 5.29. The van der Waals surface area contributed by atoms with E-state index in [9.17, 15) is 4.79 Å². The van der Waals surface area contributed by atoms with Gasteiger partial charge in [0.2, 0.25) is 0 Å². The molecule has 11 heavy (non-hydrogen) atoms. The molecule has 0 aromatic carbocycles. The summed E-state index contributed by atoms with van der Waals surface area (Å²) in [6.45, 7) is 2.19. The molecule has 0 bridgehead atoms. The Balaban J connectivity index is 2.29. The molecule has 0 spiro atoms. The highest BCUT2D eigenvalue weighted by atomic mass is 16.5. The highest BCUT2D eigenvalue weighted by Crippen LogP contribution is 1.96. The minimum Gasteiger partial charge on any atom is -0.478 e. The summed E-state index contributed by atoms with van der Waals surface area (Å²) in [5, 5.41) is 11.4. The van der Waals surface area contributed by atoms with E-state index < -0.39 is 5.97 Å². The molecule has 1 heterocycles. The summed E-state index contributed by atoms with van der Waals surface area (Å²) in [6.07, 6.45) is 2.58. The van der Waals surface area contributed by atoms with Gasteiger partial charge in [-0.15, -0.1) is 0 Å². The highest BCUT2D eigenvalue weighted by Gasteiger charge is 2.09. The second kappa shape index (κ2) is 4.10. The van der Waals surface area contributed by atoms with Gasteiger partial charge in [-0.05, 0) is 6.08 Å². The molecule has 2 N–H and O–H groups in total. The normalized spacial score (nSPS) is 25.6. The van der Waals surface area contributed by atoms with E-state index in [0.29, 0.717) is 13.2 Å². The first kappa shape index (κ1) is 8.23. The Bertz CT molecular complexity index is 161. The molecule has 0 unspecified atom stereocenters. The molecule has 0 aliphatic carbocycles. The number of hydrogen-bond acceptors (Lipinski definition) is 3. The van der Waals surface area contributed by atoms with Crippen LogP contribution in [0.4, 0.5) is 0 Å². The lowest BCUT2D eigenvalue weighted by molar-refractivity contribution is -0.131. The Morgan fingerprint density at radius 2 is 2.55 bits per heavy atom. The third kappa shape index (κ3) is 3.15. The van der Waals surface area contributed by atoms with Crippen molar-refractivity contribution in [3.05, 3.63) is 12.2 Å². The van der Waals surface area contributed by atoms with E-state index in [1.54, 1.807) is 6.08 Å². The van der Waals surface area contributed by atoms with Gasteiger partial charge in [0.1, 0.15) is 0 Å². The van der Waals surface area contributed by atoms with E-state index in [-0.39, 0.29) is 6.10 Å². The summed E-state index contributed by atoms with van der Waals surface area (Å²) in [6, 6.07) is 0. The second-order valence-corrected chi connectivity index (χ2v) is 2.31. The predicted octanol–water partition coefficient (Wildman–Crippen LogP) is -0.384. The van der Waals surface area contributed by atoms with Crippen molar-refractivity contribution in [2.24, 2.45) is 0 Å². The fraction of sp³-hybridized carbons (Fsp3) is 0.571. The topological polar surface area (TPSA) is 58.6 Å². The predicted molar refractivity (Wildman–Crippen MR) is 39.4 cm³/mol. The lowest BCUT2D eigenvalue weighted by atomic mass is 10.3. The smallest absolute Gasteiger partial charge is 0.328 e. The fourth-order valence-electron chi connectivity index (χ4n) is 0.899. The average molecular weight is 157 g/mol. The zero-order chi connectivity index (χ0) is 8.10. The first-order valence-corrected chi connectivity index (χ1v) is 3.52. The van der Waals surface area contributed by atoms with E-state index in [1.807, 2.05) is 0 Å². The molecule has 1 atom stereocenters. The quantitative estimate of drug-likeness (QED) is 0.536. The van der Waals surface area contributed by atoms with Gasteiger partial charge in [-0.2, -0.15) is 0 Å². The van der Waals surface area contributed by atoms with Crippen molar-refractivity contribution in [2.45, 2.75) is 6.10 Å². The average Bonchev–Trinajstić information content (AvgIpc) is 2.03. The van der Waals surface area contributed by atoms with Crippen LogP contribution in [0.5, 0.6) is 0 Å². The van der Waals surface area contributed by atoms with E-state index in [2.05, 4.69) is 5.32 Å². The van der Waals surface area contributed by atoms with Crippen molar-refractivity contribution >= 4 is 5.97 Å². The van der Waals surface area contributed by atoms with Crippen LogP contribution in [0, 0.1) is 0 Å². The molecular formula is C7H11NO3. The van der Waals surface area contributed by atoms with Crippen molar-refractivity contribution in [2.75, 3.05) is 19.7 Å². The Labute approximate surface area is 64.9 Å². The van der Waals surface area contributed by atoms with Crippen molar-refractivity contribution in [1.29, 1.82) is 0 Å². The molecule has 1 rings (SSSR count). The lowest BCUT2D eigenvalue weighted by Crippen LogP contribution is -2.37. The van der Waals surface area contributed by atoms with Gasteiger partial charge in [-0.25, -0.2) is 4.79 Å². The number of carboxylic acids is 1. The Morgan fingerprint density at radius 3 is 3.09 bits per heavy atom. The maximum absolute atomic E-state index is 10.1. The van der Waals surface area contributed by atoms with Crippen molar-refractivity contribution in [1.82, 2.24) is 5.32 Å². The molecule has 4 nitrogen and oxygen atoms in total. The molecular weight excluding hydrogens is 146 g/mol. The van der Waals surface area contributed by atoms with Gasteiger partial charge in [0.15, 0.2) is 0 Å². The van der Waals surface area contributed by atoms with Crippen LogP contribution in [-0.4, -0.2) is 36.9 Å². The van der Waals surface area contributed by atoms with Gasteiger partial charge in [0.25, 0.3) is 0 Å². The lowest BCUT2D eigenvalue weighted by Gasteiger charge is -2.20. The zero-order valence-corrected chi connectivity index (χ0v) is 6.12. The molecule has 0 saturated carbocycles. The van der Waals surface area contributed by atoms with Gasteiger partial charge in [0.05, 0.1) is 12.7 Å². The molecule has 4 heteroatoms. The second-order valence-electron chi connectivity index (χ2n) is 2.31. The third-order valence-corrected chi connectivity index (χ3v) is 1.41. The standard InChI is InChI=1S/C7H11NO3/c9-7(10)2-1-6-5-8-3-4-11-6/h1-2,6,8H,3-5H2,(H,9,10)/b2-1+/t6-/m1/s1. The van der Waals surface area contributed by atoms with E-state index in [0.717, 1.165) is 12.6 Å². The van der Waals surface area contributed by atoms with Crippen LogP contribution < -0.4 is 5.32 Å². The molecule has 1 aliphatic rings. The molecule has 0 aromatic rings. The van der Waals surface area contributed by atoms with E-state index >= 15 is 0 Å². The summed E-state index contributed by atoms with van der Waals surface area (Å²) in [7, 11) is 0. The Hall–Kier alpha value is -0.870. The summed E-state index contributed by atoms with van der Waals surface area (Å²) in [5.74, 6) is -0.931. The van der Waals surface area contributed by atoms with Gasteiger partial charge in [0, 0.05) is 19.2 Å². The van der Waals surface area contributed by atoms with Crippen molar-refractivity contribution in [3.8, 4) is 0 Å². The number of aliphatic carboxylic acids is 1. The minimum atomic E-state index is -0.931. The fourth-order valence-corrected chi connectivity index (χ4v) is 0.899. The van der Waals surface area contributed by atoms with Gasteiger partial charge in [-0.3, -0.25) is 0 Å². The number of ether oxygens (including phenoxy) is 1. The van der Waals surface area contributed by atoms with Gasteiger partial charge < -0.3 is 15.2 Å². The maximum atomic E-state index is 10.1. The Kier molecular flexibility index (Phi) is 3.07. The van der Waals surface area contributed by atoms with Gasteiger partial charge >= 0.3 is 5.97 Å². The molecule has 0 radical (unpaired) electrons. The van der Waals surface area contributed by atoms with Crippen LogP contribution >= 0.6 is 0 Å². The number of hydrogen-bond donors (Lipinski definition) is 2. The molecule has 0 amide bonds. The van der Waals surface area contributed by atoms with Crippen LogP contribution in [0.3, 0.4) is 0 Å². The zero-order valence-electron chi connectivity index (χ0n) is 6.12. The molecule has 62 valence electrons. The summed E-state index contributed by atoms with van der Waals surface area (Å²) < 4.78 is 5.22. The maximum Gasteiger partial charge on any atom is 0.328 e. The summed E-state index contributed by atoms with van der Waals surface area (Å²) in [4.78, 5) is 10.1. The monoisotopic (exact) mass is 157 g/mol. The van der Waals surface area contributed by atoms with Gasteiger partial charge in [-0.1, -0.05) is 0 Å². The number of carboxylic acid groups (broad SMARTS) is 1. The van der Waals surface area contributed by atoms with Crippen LogP contribution in [0.1, 0.15) is 0 Å². The molecule has 1 fully saturated rings.